The average molecular weight is 370 g/mol. The molecule has 1 aromatic carbocycles. The van der Waals surface area contributed by atoms with Gasteiger partial charge in [-0.25, -0.2) is 4.98 Å². The molecule has 2 heterocycles. The summed E-state index contributed by atoms with van der Waals surface area (Å²) in [6.07, 6.45) is 6.96. The number of amides is 1. The Morgan fingerprint density at radius 2 is 2.11 bits per heavy atom. The van der Waals surface area contributed by atoms with Gasteiger partial charge in [-0.2, -0.15) is 0 Å². The lowest BCUT2D eigenvalue weighted by atomic mass is 10.00. The summed E-state index contributed by atoms with van der Waals surface area (Å²) in [6.45, 7) is 11.7. The van der Waals surface area contributed by atoms with Gasteiger partial charge >= 0.3 is 0 Å². The molecule has 0 aliphatic carbocycles. The van der Waals surface area contributed by atoms with Crippen molar-refractivity contribution in [3.05, 3.63) is 42.0 Å². The topological polar surface area (TPSA) is 62.2 Å². The monoisotopic (exact) mass is 369 g/mol. The maximum atomic E-state index is 11.0. The van der Waals surface area contributed by atoms with Crippen LogP contribution in [0.5, 0.6) is 0 Å². The van der Waals surface area contributed by atoms with Crippen LogP contribution in [0.15, 0.2) is 30.7 Å². The quantitative estimate of drug-likeness (QED) is 0.768. The Morgan fingerprint density at radius 3 is 2.78 bits per heavy atom. The zero-order valence-corrected chi connectivity index (χ0v) is 16.8. The number of benzene rings is 1. The van der Waals surface area contributed by atoms with Crippen LogP contribution in [0.25, 0.3) is 5.69 Å². The number of piperidine rings is 1. The van der Waals surface area contributed by atoms with Crippen LogP contribution in [0.4, 0.5) is 5.69 Å². The Balaban J connectivity index is 1.77. The molecule has 1 atom stereocenters. The Labute approximate surface area is 162 Å². The predicted octanol–water partition coefficient (Wildman–Crippen LogP) is 3.10. The second kappa shape index (κ2) is 8.23. The Bertz CT molecular complexity index is 777. The number of hydrogen-bond donors (Lipinski definition) is 2. The molecule has 1 aromatic heterocycles. The number of rotatable bonds is 6. The van der Waals surface area contributed by atoms with E-state index in [1.165, 1.54) is 18.4 Å². The van der Waals surface area contributed by atoms with E-state index in [0.29, 0.717) is 6.04 Å². The summed E-state index contributed by atoms with van der Waals surface area (Å²) in [5, 5.41) is 6.53. The highest BCUT2D eigenvalue weighted by Crippen LogP contribution is 2.22. The first-order valence-corrected chi connectivity index (χ1v) is 9.67. The number of imidazole rings is 1. The van der Waals surface area contributed by atoms with Crippen LogP contribution in [0.1, 0.15) is 44.9 Å². The van der Waals surface area contributed by atoms with Crippen LogP contribution in [-0.2, 0) is 11.3 Å². The Morgan fingerprint density at radius 1 is 1.30 bits per heavy atom. The van der Waals surface area contributed by atoms with Crippen LogP contribution < -0.4 is 10.6 Å². The van der Waals surface area contributed by atoms with Gasteiger partial charge in [0.15, 0.2) is 0 Å². The lowest BCUT2D eigenvalue weighted by Crippen LogP contribution is -2.51. The highest BCUT2D eigenvalue weighted by Gasteiger charge is 2.23. The smallest absolute Gasteiger partial charge is 0.211 e. The molecule has 1 aliphatic heterocycles. The fourth-order valence-electron chi connectivity index (χ4n) is 3.82. The zero-order valence-electron chi connectivity index (χ0n) is 16.8. The molecule has 6 nitrogen and oxygen atoms in total. The van der Waals surface area contributed by atoms with Crippen molar-refractivity contribution in [2.24, 2.45) is 0 Å². The Kier molecular flexibility index (Phi) is 5.97. The van der Waals surface area contributed by atoms with Gasteiger partial charge in [0.2, 0.25) is 6.41 Å². The first-order valence-electron chi connectivity index (χ1n) is 9.67. The van der Waals surface area contributed by atoms with Gasteiger partial charge in [0.1, 0.15) is 0 Å². The third-order valence-electron chi connectivity index (χ3n) is 4.76. The minimum atomic E-state index is 0.133. The maximum absolute atomic E-state index is 11.0. The highest BCUT2D eigenvalue weighted by atomic mass is 16.1. The molecule has 2 N–H and O–H groups in total. The molecule has 146 valence electrons. The molecule has 6 heteroatoms. The van der Waals surface area contributed by atoms with Gasteiger partial charge in [0, 0.05) is 42.2 Å². The minimum Gasteiger partial charge on any atom is -0.329 e. The lowest BCUT2D eigenvalue weighted by Gasteiger charge is -2.37. The van der Waals surface area contributed by atoms with Crippen molar-refractivity contribution < 1.29 is 4.79 Å². The molecule has 1 fully saturated rings. The number of carbonyl (C=O) groups is 1. The van der Waals surface area contributed by atoms with Crippen molar-refractivity contribution >= 4 is 12.1 Å². The van der Waals surface area contributed by atoms with E-state index in [4.69, 9.17) is 0 Å². The van der Waals surface area contributed by atoms with Gasteiger partial charge in [-0.05, 0) is 70.8 Å². The molecule has 1 unspecified atom stereocenters. The summed E-state index contributed by atoms with van der Waals surface area (Å²) in [4.78, 5) is 17.8. The first-order chi connectivity index (χ1) is 12.8. The van der Waals surface area contributed by atoms with Gasteiger partial charge in [-0.3, -0.25) is 9.69 Å². The number of nitrogens with zero attached hydrogens (tertiary/aromatic N) is 3. The van der Waals surface area contributed by atoms with E-state index in [2.05, 4.69) is 53.4 Å². The molecule has 27 heavy (non-hydrogen) atoms. The molecule has 0 bridgehead atoms. The molecule has 1 aliphatic rings. The predicted molar refractivity (Wildman–Crippen MR) is 109 cm³/mol. The van der Waals surface area contributed by atoms with Crippen molar-refractivity contribution in [3.8, 4) is 5.69 Å². The van der Waals surface area contributed by atoms with E-state index in [1.807, 2.05) is 30.1 Å². The van der Waals surface area contributed by atoms with Crippen molar-refractivity contribution in [2.45, 2.75) is 58.7 Å². The summed E-state index contributed by atoms with van der Waals surface area (Å²) in [5.41, 5.74) is 4.12. The van der Waals surface area contributed by atoms with Gasteiger partial charge < -0.3 is 15.2 Å². The normalized spacial score (nSPS) is 18.4. The van der Waals surface area contributed by atoms with Gasteiger partial charge in [0.05, 0.1) is 12.0 Å². The minimum absolute atomic E-state index is 0.133. The van der Waals surface area contributed by atoms with Crippen molar-refractivity contribution in [1.82, 2.24) is 19.8 Å². The second-order valence-corrected chi connectivity index (χ2v) is 8.54. The average Bonchev–Trinajstić information content (AvgIpc) is 3.00. The molecule has 0 spiro atoms. The van der Waals surface area contributed by atoms with Crippen molar-refractivity contribution in [2.75, 3.05) is 18.4 Å². The standard InChI is InChI=1S/C21H31N5O/c1-16-11-26(14-22-16)20-9-17(8-19(10-20)23-15-27)12-25-7-5-6-18(13-25)24-21(2,3)4/h8-11,14-15,18,24H,5-7,12-13H2,1-4H3,(H,23,27). The number of anilines is 1. The Hall–Kier alpha value is -2.18. The summed E-state index contributed by atoms with van der Waals surface area (Å²) in [6, 6.07) is 6.73. The lowest BCUT2D eigenvalue weighted by molar-refractivity contribution is -0.105. The SMILES string of the molecule is Cc1cn(-c2cc(CN3CCCC(NC(C)(C)C)C3)cc(NC=O)c2)cn1. The van der Waals surface area contributed by atoms with Crippen LogP contribution >= 0.6 is 0 Å². The molecule has 3 rings (SSSR count). The molecular weight excluding hydrogens is 338 g/mol. The van der Waals surface area contributed by atoms with E-state index >= 15 is 0 Å². The molecule has 0 saturated carbocycles. The summed E-state index contributed by atoms with van der Waals surface area (Å²) < 4.78 is 2.00. The third-order valence-corrected chi connectivity index (χ3v) is 4.76. The molecule has 1 amide bonds. The molecule has 2 aromatic rings. The number of aryl methyl sites for hydroxylation is 1. The van der Waals surface area contributed by atoms with E-state index in [9.17, 15) is 4.79 Å². The van der Waals surface area contributed by atoms with Crippen LogP contribution in [-0.4, -0.2) is 45.5 Å². The number of nitrogens with one attached hydrogen (secondary N) is 2. The second-order valence-electron chi connectivity index (χ2n) is 8.54. The van der Waals surface area contributed by atoms with E-state index in [-0.39, 0.29) is 5.54 Å². The first kappa shape index (κ1) is 19.6. The summed E-state index contributed by atoms with van der Waals surface area (Å²) in [5.74, 6) is 0. The molecule has 1 saturated heterocycles. The number of carbonyl (C=O) groups excluding carboxylic acids is 1. The molecular formula is C21H31N5O. The van der Waals surface area contributed by atoms with Crippen LogP contribution in [0.3, 0.4) is 0 Å². The van der Waals surface area contributed by atoms with Crippen LogP contribution in [0.2, 0.25) is 0 Å². The van der Waals surface area contributed by atoms with Crippen LogP contribution in [0, 0.1) is 6.92 Å². The van der Waals surface area contributed by atoms with Gasteiger partial charge in [-0.15, -0.1) is 0 Å². The van der Waals surface area contributed by atoms with Gasteiger partial charge in [-0.1, -0.05) is 0 Å². The van der Waals surface area contributed by atoms with Crippen molar-refractivity contribution in [3.63, 3.8) is 0 Å². The van der Waals surface area contributed by atoms with E-state index in [0.717, 1.165) is 43.1 Å². The van der Waals surface area contributed by atoms with Gasteiger partial charge in [0.25, 0.3) is 0 Å². The number of aromatic nitrogens is 2. The van der Waals surface area contributed by atoms with E-state index in [1.54, 1.807) is 0 Å². The highest BCUT2D eigenvalue weighted by molar-refractivity contribution is 5.73. The number of likely N-dealkylation sites (tertiary alicyclic amines) is 1. The third kappa shape index (κ3) is 5.65. The number of hydrogen-bond acceptors (Lipinski definition) is 4. The zero-order chi connectivity index (χ0) is 19.4. The molecule has 0 radical (unpaired) electrons. The largest absolute Gasteiger partial charge is 0.329 e. The fourth-order valence-corrected chi connectivity index (χ4v) is 3.82. The van der Waals surface area contributed by atoms with E-state index < -0.39 is 0 Å². The summed E-state index contributed by atoms with van der Waals surface area (Å²) in [7, 11) is 0. The van der Waals surface area contributed by atoms with Crippen molar-refractivity contribution in [1.29, 1.82) is 0 Å². The fraction of sp³-hybridized carbons (Fsp3) is 0.524. The maximum Gasteiger partial charge on any atom is 0.211 e. The summed E-state index contributed by atoms with van der Waals surface area (Å²) >= 11 is 0.